The highest BCUT2D eigenvalue weighted by atomic mass is 16.5. The maximum atomic E-state index is 13.6. The van der Waals surface area contributed by atoms with Gasteiger partial charge in [0.1, 0.15) is 11.6 Å². The molecule has 8 saturated carbocycles. The summed E-state index contributed by atoms with van der Waals surface area (Å²) in [5.74, 6) is 0.217. The fraction of sp³-hybridized carbons (Fsp3) is 0.818. The zero-order valence-corrected chi connectivity index (χ0v) is 16.1. The van der Waals surface area contributed by atoms with Crippen LogP contribution in [0.3, 0.4) is 0 Å². The zero-order chi connectivity index (χ0) is 19.3. The Morgan fingerprint density at radius 1 is 0.750 bits per heavy atom. The first-order valence-corrected chi connectivity index (χ1v) is 10.7. The highest BCUT2D eigenvalue weighted by Crippen LogP contribution is 2.97. The van der Waals surface area contributed by atoms with Crippen LogP contribution in [-0.4, -0.2) is 37.7 Å². The lowest BCUT2D eigenvalue weighted by Crippen LogP contribution is -2.66. The number of ether oxygens (including phenoxy) is 2. The third-order valence-corrected chi connectivity index (χ3v) is 10.7. The van der Waals surface area contributed by atoms with E-state index in [4.69, 9.17) is 9.47 Å². The minimum atomic E-state index is -1.03. The molecule has 0 aliphatic heterocycles. The molecule has 6 nitrogen and oxygen atoms in total. The van der Waals surface area contributed by atoms with Crippen molar-refractivity contribution in [3.63, 3.8) is 0 Å². The van der Waals surface area contributed by atoms with Gasteiger partial charge >= 0.3 is 11.9 Å². The van der Waals surface area contributed by atoms with Gasteiger partial charge in [0.05, 0.1) is 25.0 Å². The SMILES string of the molecule is COC(=O)C12[C@H]3[C@@H]4CCC(=O)[C@@H]4[C@H]4[C@@H]3[C@H]3[C@@H]([C@H]5C(=O)CC[C@@H]5[C@@H]31)C42C(=O)OC. The van der Waals surface area contributed by atoms with Crippen molar-refractivity contribution >= 4 is 23.5 Å². The van der Waals surface area contributed by atoms with Crippen molar-refractivity contribution in [1.29, 1.82) is 0 Å². The van der Waals surface area contributed by atoms with Gasteiger partial charge in [0, 0.05) is 24.7 Å². The maximum absolute atomic E-state index is 13.6. The minimum Gasteiger partial charge on any atom is -0.469 e. The van der Waals surface area contributed by atoms with Crippen LogP contribution in [-0.2, 0) is 28.7 Å². The number of carbonyl (C=O) groups is 4. The Morgan fingerprint density at radius 3 is 1.54 bits per heavy atom. The summed E-state index contributed by atoms with van der Waals surface area (Å²) in [4.78, 5) is 52.8. The molecule has 0 amide bonds. The fourth-order valence-corrected chi connectivity index (χ4v) is 11.2. The number of Topliss-reactive ketones (excluding diaryl/α,β-unsaturated/α-hetero) is 2. The van der Waals surface area contributed by atoms with Gasteiger partial charge in [-0.05, 0) is 60.2 Å². The molecule has 28 heavy (non-hydrogen) atoms. The Balaban J connectivity index is 1.55. The number of esters is 2. The van der Waals surface area contributed by atoms with Crippen LogP contribution in [0.25, 0.3) is 0 Å². The van der Waals surface area contributed by atoms with Gasteiger partial charge in [-0.2, -0.15) is 0 Å². The predicted molar refractivity (Wildman–Crippen MR) is 92.3 cm³/mol. The number of fused-ring (bicyclic) bond motifs is 2. The minimum absolute atomic E-state index is 0.0448. The van der Waals surface area contributed by atoms with Gasteiger partial charge < -0.3 is 9.47 Å². The fourth-order valence-electron chi connectivity index (χ4n) is 11.2. The average Bonchev–Trinajstić information content (AvgIpc) is 3.49. The van der Waals surface area contributed by atoms with E-state index in [1.807, 2.05) is 0 Å². The van der Waals surface area contributed by atoms with E-state index in [1.54, 1.807) is 0 Å². The second-order valence-electron chi connectivity index (χ2n) is 10.4. The Morgan fingerprint density at radius 2 is 1.14 bits per heavy atom. The van der Waals surface area contributed by atoms with Crippen molar-refractivity contribution in [1.82, 2.24) is 0 Å². The van der Waals surface area contributed by atoms with E-state index in [9.17, 15) is 19.2 Å². The van der Waals surface area contributed by atoms with Crippen molar-refractivity contribution in [3.05, 3.63) is 0 Å². The van der Waals surface area contributed by atoms with E-state index >= 15 is 0 Å². The second kappa shape index (κ2) is 4.39. The number of hydrogen-bond acceptors (Lipinski definition) is 6. The van der Waals surface area contributed by atoms with Gasteiger partial charge in [-0.3, -0.25) is 19.2 Å². The first-order chi connectivity index (χ1) is 13.5. The van der Waals surface area contributed by atoms with E-state index in [2.05, 4.69) is 0 Å². The van der Waals surface area contributed by atoms with Gasteiger partial charge in [-0.15, -0.1) is 0 Å². The lowest BCUT2D eigenvalue weighted by molar-refractivity contribution is -0.208. The third kappa shape index (κ3) is 1.10. The highest BCUT2D eigenvalue weighted by molar-refractivity contribution is 5.99. The molecule has 0 aromatic carbocycles. The highest BCUT2D eigenvalue weighted by Gasteiger charge is 3.01. The summed E-state index contributed by atoms with van der Waals surface area (Å²) in [6.07, 6.45) is 2.76. The van der Waals surface area contributed by atoms with Crippen LogP contribution in [0.4, 0.5) is 0 Å². The summed E-state index contributed by atoms with van der Waals surface area (Å²) in [5.41, 5.74) is -1.90. The van der Waals surface area contributed by atoms with Crippen molar-refractivity contribution < 1.29 is 28.7 Å². The van der Waals surface area contributed by atoms with Gasteiger partial charge in [0.15, 0.2) is 0 Å². The van der Waals surface area contributed by atoms with Crippen LogP contribution in [0.15, 0.2) is 0 Å². The van der Waals surface area contributed by atoms with Crippen molar-refractivity contribution in [2.24, 2.45) is 70.0 Å². The number of carbonyl (C=O) groups excluding carboxylic acids is 4. The van der Waals surface area contributed by atoms with Crippen LogP contribution >= 0.6 is 0 Å². The quantitative estimate of drug-likeness (QED) is 0.666. The number of hydrogen-bond donors (Lipinski definition) is 0. The Labute approximate surface area is 162 Å². The molecule has 148 valence electrons. The molecule has 0 spiro atoms. The van der Waals surface area contributed by atoms with Gasteiger partial charge in [0.25, 0.3) is 0 Å². The van der Waals surface area contributed by atoms with E-state index in [0.29, 0.717) is 12.8 Å². The Bertz CT molecular complexity index is 839. The van der Waals surface area contributed by atoms with Crippen LogP contribution in [0.2, 0.25) is 0 Å². The first kappa shape index (κ1) is 16.1. The lowest BCUT2D eigenvalue weighted by Gasteiger charge is -2.57. The molecule has 0 aromatic rings. The van der Waals surface area contributed by atoms with Crippen molar-refractivity contribution in [3.8, 4) is 0 Å². The largest absolute Gasteiger partial charge is 0.469 e. The third-order valence-electron chi connectivity index (χ3n) is 10.7. The molecule has 0 radical (unpaired) electrons. The molecule has 8 aliphatic rings. The smallest absolute Gasteiger partial charge is 0.313 e. The summed E-state index contributed by atoms with van der Waals surface area (Å²) in [7, 11) is 2.80. The topological polar surface area (TPSA) is 86.7 Å². The standard InChI is InChI=1S/C22H24O6/c1-27-19(25)21-15-7-3-5-9(23)11(7)17-13(15)14-16(21)8-4-6-10(24)12(8)18(14)22(17,21)20(26)28-2/h7-8,11-18H,3-6H2,1-2H3/t7-,8+,11-,12-,13-,14-,15+,16+,17+,18-,21?,22?/m1/s1. The molecule has 0 N–H and O–H groups in total. The van der Waals surface area contributed by atoms with E-state index in [0.717, 1.165) is 12.8 Å². The van der Waals surface area contributed by atoms with E-state index < -0.39 is 10.8 Å². The number of methoxy groups -OCH3 is 2. The molecule has 0 saturated heterocycles. The summed E-state index contributed by atoms with van der Waals surface area (Å²) in [6.45, 7) is 0. The molecule has 8 fully saturated rings. The molecule has 6 heteroatoms. The molecule has 8 aliphatic carbocycles. The first-order valence-electron chi connectivity index (χ1n) is 10.7. The molecular weight excluding hydrogens is 360 g/mol. The van der Waals surface area contributed by atoms with Gasteiger partial charge in [0.2, 0.25) is 0 Å². The Hall–Kier alpha value is -1.72. The molecular formula is C22H24O6. The van der Waals surface area contributed by atoms with Crippen molar-refractivity contribution in [2.45, 2.75) is 25.7 Å². The number of rotatable bonds is 2. The van der Waals surface area contributed by atoms with E-state index in [-0.39, 0.29) is 82.7 Å². The normalized spacial score (nSPS) is 60.6. The average molecular weight is 384 g/mol. The number of ketones is 2. The van der Waals surface area contributed by atoms with Crippen molar-refractivity contribution in [2.75, 3.05) is 14.2 Å². The van der Waals surface area contributed by atoms with Crippen LogP contribution < -0.4 is 0 Å². The Kier molecular flexibility index (Phi) is 2.53. The van der Waals surface area contributed by atoms with Gasteiger partial charge in [-0.25, -0.2) is 0 Å². The van der Waals surface area contributed by atoms with E-state index in [1.165, 1.54) is 14.2 Å². The summed E-state index contributed by atoms with van der Waals surface area (Å²) >= 11 is 0. The molecule has 0 heterocycles. The summed E-state index contributed by atoms with van der Waals surface area (Å²) in [5, 5.41) is 0. The summed E-state index contributed by atoms with van der Waals surface area (Å²) in [6, 6.07) is 0. The molecule has 0 aromatic heterocycles. The monoisotopic (exact) mass is 384 g/mol. The second-order valence-corrected chi connectivity index (χ2v) is 10.4. The van der Waals surface area contributed by atoms with Crippen LogP contribution in [0, 0.1) is 70.0 Å². The maximum Gasteiger partial charge on any atom is 0.313 e. The van der Waals surface area contributed by atoms with Gasteiger partial charge in [-0.1, -0.05) is 0 Å². The van der Waals surface area contributed by atoms with Crippen LogP contribution in [0.5, 0.6) is 0 Å². The molecule has 8 bridgehead atoms. The molecule has 8 rings (SSSR count). The summed E-state index contributed by atoms with van der Waals surface area (Å²) < 4.78 is 10.8. The van der Waals surface area contributed by atoms with Crippen LogP contribution in [0.1, 0.15) is 25.7 Å². The molecule has 12 atom stereocenters. The zero-order valence-electron chi connectivity index (χ0n) is 16.1. The molecule has 2 unspecified atom stereocenters. The lowest BCUT2D eigenvalue weighted by atomic mass is 9.43. The predicted octanol–water partition coefficient (Wildman–Crippen LogP) is 1.26.